The highest BCUT2D eigenvalue weighted by Gasteiger charge is 2.20. The van der Waals surface area contributed by atoms with Gasteiger partial charge in [-0.3, -0.25) is 0 Å². The van der Waals surface area contributed by atoms with Crippen LogP contribution in [0.1, 0.15) is 65.5 Å². The molecule has 1 aromatic heterocycles. The zero-order valence-corrected chi connectivity index (χ0v) is 28.3. The lowest BCUT2D eigenvalue weighted by Gasteiger charge is -2.27. The molecule has 0 amide bonds. The van der Waals surface area contributed by atoms with E-state index in [1.165, 1.54) is 27.9 Å². The van der Waals surface area contributed by atoms with E-state index in [-0.39, 0.29) is 5.41 Å². The summed E-state index contributed by atoms with van der Waals surface area (Å²) in [6.45, 7) is 19.3. The van der Waals surface area contributed by atoms with Crippen molar-refractivity contribution in [3.05, 3.63) is 149 Å². The third kappa shape index (κ3) is 8.01. The van der Waals surface area contributed by atoms with Gasteiger partial charge in [0, 0.05) is 35.5 Å². The van der Waals surface area contributed by atoms with Gasteiger partial charge in [0.05, 0.1) is 0 Å². The van der Waals surface area contributed by atoms with Gasteiger partial charge >= 0.3 is 0 Å². The van der Waals surface area contributed by atoms with Crippen molar-refractivity contribution >= 4 is 18.4 Å². The van der Waals surface area contributed by atoms with E-state index in [1.807, 2.05) is 18.2 Å². The molecule has 2 aliphatic carbocycles. The molecular formula is C41H46BN4. The first kappa shape index (κ1) is 32.9. The number of aromatic nitrogens is 3. The van der Waals surface area contributed by atoms with Crippen molar-refractivity contribution in [1.82, 2.24) is 19.9 Å². The highest BCUT2D eigenvalue weighted by atomic mass is 15.1. The second kappa shape index (κ2) is 14.7. The summed E-state index contributed by atoms with van der Waals surface area (Å²) in [4.78, 5) is 17.4. The molecule has 1 radical (unpaired) electrons. The van der Waals surface area contributed by atoms with Crippen molar-refractivity contribution < 1.29 is 0 Å². The highest BCUT2D eigenvalue weighted by molar-refractivity contribution is 6.44. The Hall–Kier alpha value is -4.51. The van der Waals surface area contributed by atoms with E-state index in [4.69, 9.17) is 15.0 Å². The van der Waals surface area contributed by atoms with Crippen molar-refractivity contribution in [1.29, 1.82) is 0 Å². The lowest BCUT2D eigenvalue weighted by molar-refractivity contribution is 0.426. The maximum atomic E-state index is 5.05. The molecule has 0 saturated heterocycles. The smallest absolute Gasteiger partial charge is 0.164 e. The molecule has 4 nitrogen and oxygen atoms in total. The van der Waals surface area contributed by atoms with Gasteiger partial charge in [0.25, 0.3) is 0 Å². The molecule has 5 heteroatoms. The molecule has 0 atom stereocenters. The minimum Gasteiger partial charge on any atom is -0.364 e. The molecule has 0 fully saturated rings. The summed E-state index contributed by atoms with van der Waals surface area (Å²) < 4.78 is 0. The Balaban J connectivity index is 1.48. The van der Waals surface area contributed by atoms with Gasteiger partial charge in [0.15, 0.2) is 17.5 Å². The van der Waals surface area contributed by atoms with Crippen LogP contribution in [0.15, 0.2) is 137 Å². The number of allylic oxidation sites excluding steroid dienone is 15. The van der Waals surface area contributed by atoms with Crippen LogP contribution in [0.4, 0.5) is 0 Å². The Morgan fingerprint density at radius 1 is 0.913 bits per heavy atom. The van der Waals surface area contributed by atoms with Crippen molar-refractivity contribution in [2.24, 2.45) is 5.41 Å². The molecular weight excluding hydrogens is 559 g/mol. The van der Waals surface area contributed by atoms with Gasteiger partial charge < -0.3 is 4.90 Å². The maximum absolute atomic E-state index is 5.05. The van der Waals surface area contributed by atoms with E-state index in [9.17, 15) is 0 Å². The van der Waals surface area contributed by atoms with Gasteiger partial charge in [-0.25, -0.2) is 15.0 Å². The predicted molar refractivity (Wildman–Crippen MR) is 197 cm³/mol. The van der Waals surface area contributed by atoms with Gasteiger partial charge in [-0.1, -0.05) is 131 Å². The first-order chi connectivity index (χ1) is 22.1. The van der Waals surface area contributed by atoms with E-state index in [1.54, 1.807) is 0 Å². The van der Waals surface area contributed by atoms with Crippen LogP contribution in [0.2, 0.25) is 6.82 Å². The summed E-state index contributed by atoms with van der Waals surface area (Å²) in [5, 5.41) is 0. The van der Waals surface area contributed by atoms with Crippen LogP contribution in [0.3, 0.4) is 0 Å². The molecule has 46 heavy (non-hydrogen) atoms. The molecule has 5 rings (SSSR count). The summed E-state index contributed by atoms with van der Waals surface area (Å²) in [5.74, 6) is 2.16. The Morgan fingerprint density at radius 3 is 2.39 bits per heavy atom. The SMILES string of the molecule is C=C1/C=C\C=C/CN(C2=CCC(c3nc(C4=CCCC=C4C)nc(-c4ccccc4)n3)=CC=C2)C/C1=C\C(C)=C(/[B]C)C(C)(C)C. The average molecular weight is 606 g/mol. The first-order valence-corrected chi connectivity index (χ1v) is 16.4. The van der Waals surface area contributed by atoms with Crippen molar-refractivity contribution in [2.45, 2.75) is 60.7 Å². The first-order valence-electron chi connectivity index (χ1n) is 16.4. The van der Waals surface area contributed by atoms with Gasteiger partial charge in [-0.2, -0.15) is 0 Å². The summed E-state index contributed by atoms with van der Waals surface area (Å²) in [6, 6.07) is 10.2. The molecule has 0 bridgehead atoms. The zero-order valence-electron chi connectivity index (χ0n) is 28.3. The van der Waals surface area contributed by atoms with Crippen LogP contribution >= 0.6 is 0 Å². The second-order valence-corrected chi connectivity index (χ2v) is 13.1. The normalized spacial score (nSPS) is 20.3. The lowest BCUT2D eigenvalue weighted by atomic mass is 9.59. The topological polar surface area (TPSA) is 41.9 Å². The Morgan fingerprint density at radius 2 is 1.65 bits per heavy atom. The van der Waals surface area contributed by atoms with E-state index in [2.05, 4.69) is 139 Å². The van der Waals surface area contributed by atoms with Gasteiger partial charge in [0.1, 0.15) is 7.28 Å². The third-order valence-corrected chi connectivity index (χ3v) is 8.60. The fourth-order valence-corrected chi connectivity index (χ4v) is 6.28. The molecule has 3 aliphatic rings. The third-order valence-electron chi connectivity index (χ3n) is 8.60. The van der Waals surface area contributed by atoms with Gasteiger partial charge in [-0.15, -0.1) is 5.47 Å². The van der Waals surface area contributed by atoms with Crippen LogP contribution in [0, 0.1) is 5.41 Å². The molecule has 0 saturated carbocycles. The molecule has 233 valence electrons. The number of benzene rings is 1. The minimum absolute atomic E-state index is 0.0687. The molecule has 2 heterocycles. The summed E-state index contributed by atoms with van der Waals surface area (Å²) in [5.41, 5.74) is 10.5. The second-order valence-electron chi connectivity index (χ2n) is 13.1. The molecule has 0 N–H and O–H groups in total. The number of nitrogens with zero attached hydrogens (tertiary/aromatic N) is 4. The number of hydrogen-bond acceptors (Lipinski definition) is 4. The maximum Gasteiger partial charge on any atom is 0.164 e. The summed E-state index contributed by atoms with van der Waals surface area (Å²) in [6.07, 6.45) is 26.9. The summed E-state index contributed by atoms with van der Waals surface area (Å²) in [7, 11) is 2.24. The molecule has 0 unspecified atom stereocenters. The molecule has 0 spiro atoms. The zero-order chi connectivity index (χ0) is 32.7. The molecule has 1 aliphatic heterocycles. The van der Waals surface area contributed by atoms with Crippen LogP contribution in [0.25, 0.3) is 22.5 Å². The van der Waals surface area contributed by atoms with Crippen molar-refractivity contribution in [3.63, 3.8) is 0 Å². The highest BCUT2D eigenvalue weighted by Crippen LogP contribution is 2.31. The minimum atomic E-state index is 0.0687. The van der Waals surface area contributed by atoms with Gasteiger partial charge in [0.2, 0.25) is 0 Å². The van der Waals surface area contributed by atoms with Crippen molar-refractivity contribution in [2.75, 3.05) is 13.1 Å². The number of hydrogen-bond donors (Lipinski definition) is 0. The average Bonchev–Trinajstić information content (AvgIpc) is 3.25. The molecule has 2 aromatic rings. The van der Waals surface area contributed by atoms with E-state index >= 15 is 0 Å². The van der Waals surface area contributed by atoms with Crippen molar-refractivity contribution in [3.8, 4) is 11.4 Å². The Kier molecular flexibility index (Phi) is 10.5. The fourth-order valence-electron chi connectivity index (χ4n) is 6.28. The monoisotopic (exact) mass is 605 g/mol. The van der Waals surface area contributed by atoms with Crippen LogP contribution in [0.5, 0.6) is 0 Å². The van der Waals surface area contributed by atoms with Gasteiger partial charge in [-0.05, 0) is 61.3 Å². The number of rotatable bonds is 6. The quantitative estimate of drug-likeness (QED) is 0.308. The van der Waals surface area contributed by atoms with E-state index < -0.39 is 0 Å². The molecule has 1 aromatic carbocycles. The standard InChI is InChI=1S/C41H46BN4/c1-29-17-10-9-15-26-46(28-34(29)27-31(3)37(42-7)41(4,5)6)35-22-16-21-33(24-25-35)39-43-38(32-19-11-8-12-20-32)44-40(45-39)36-23-14-13-18-30(36)2/h8-12,15-23,25,27H,1,13-14,24,26,28H2,2-7H3/b15-9-,17-10-,34-27+,37-31-. The van der Waals surface area contributed by atoms with Crippen LogP contribution < -0.4 is 0 Å². The fraction of sp³-hybridized carbons (Fsp3) is 0.293. The largest absolute Gasteiger partial charge is 0.364 e. The Bertz CT molecular complexity index is 1750. The summed E-state index contributed by atoms with van der Waals surface area (Å²) >= 11 is 0. The lowest BCUT2D eigenvalue weighted by Crippen LogP contribution is -2.25. The van der Waals surface area contributed by atoms with Crippen LogP contribution in [-0.4, -0.2) is 40.2 Å². The predicted octanol–water partition coefficient (Wildman–Crippen LogP) is 9.87. The Labute approximate surface area is 277 Å². The van der Waals surface area contributed by atoms with E-state index in [0.29, 0.717) is 12.2 Å². The van der Waals surface area contributed by atoms with E-state index in [0.717, 1.165) is 59.9 Å². The van der Waals surface area contributed by atoms with Crippen LogP contribution in [-0.2, 0) is 0 Å².